The molecule has 0 heterocycles. The van der Waals surface area contributed by atoms with E-state index in [1.165, 1.54) is 0 Å². The van der Waals surface area contributed by atoms with Crippen molar-refractivity contribution in [3.05, 3.63) is 23.8 Å². The van der Waals surface area contributed by atoms with Gasteiger partial charge in [-0.1, -0.05) is 19.6 Å². The number of aliphatic hydroxyl groups is 2. The van der Waals surface area contributed by atoms with Crippen molar-refractivity contribution in [1.29, 1.82) is 0 Å². The van der Waals surface area contributed by atoms with Crippen molar-refractivity contribution in [3.8, 4) is 0 Å². The van der Waals surface area contributed by atoms with Gasteiger partial charge in [0.25, 0.3) is 0 Å². The van der Waals surface area contributed by atoms with Crippen LogP contribution in [0.5, 0.6) is 0 Å². The lowest BCUT2D eigenvalue weighted by Gasteiger charge is -2.15. The highest BCUT2D eigenvalue weighted by atomic mass is 16.3. The van der Waals surface area contributed by atoms with Gasteiger partial charge >= 0.3 is 0 Å². The highest BCUT2D eigenvalue weighted by Crippen LogP contribution is 2.61. The molecule has 0 unspecified atom stereocenters. The number of aldehydes is 1. The molecule has 4 atom stereocenters. The van der Waals surface area contributed by atoms with Gasteiger partial charge in [-0.3, -0.25) is 4.79 Å². The van der Waals surface area contributed by atoms with Crippen LogP contribution >= 0.6 is 0 Å². The van der Waals surface area contributed by atoms with E-state index in [0.717, 1.165) is 30.3 Å². The van der Waals surface area contributed by atoms with Crippen LogP contribution in [-0.2, 0) is 4.79 Å². The van der Waals surface area contributed by atoms with Crippen molar-refractivity contribution in [2.45, 2.75) is 38.7 Å². The molecule has 0 aromatic heterocycles. The summed E-state index contributed by atoms with van der Waals surface area (Å²) in [5.74, 6) is 0.699. The van der Waals surface area contributed by atoms with Gasteiger partial charge in [0.05, 0.1) is 6.10 Å². The predicted molar refractivity (Wildman–Crippen MR) is 69.9 cm³/mol. The molecule has 0 aromatic carbocycles. The van der Waals surface area contributed by atoms with Crippen molar-refractivity contribution in [2.75, 3.05) is 6.61 Å². The number of carbonyl (C=O) groups excluding carboxylic acids is 1. The summed E-state index contributed by atoms with van der Waals surface area (Å²) in [4.78, 5) is 11.0. The molecular formula is C15H22O3. The van der Waals surface area contributed by atoms with Crippen molar-refractivity contribution in [2.24, 2.45) is 17.3 Å². The lowest BCUT2D eigenvalue weighted by molar-refractivity contribution is -0.105. The zero-order valence-electron chi connectivity index (χ0n) is 10.9. The summed E-state index contributed by atoms with van der Waals surface area (Å²) >= 11 is 0. The first kappa shape index (κ1) is 13.5. The third kappa shape index (κ3) is 2.29. The van der Waals surface area contributed by atoms with Gasteiger partial charge in [-0.2, -0.15) is 0 Å². The highest BCUT2D eigenvalue weighted by Gasteiger charge is 2.58. The van der Waals surface area contributed by atoms with E-state index in [2.05, 4.69) is 13.5 Å². The maximum absolute atomic E-state index is 11.0. The molecule has 0 amide bonds. The molecule has 2 N–H and O–H groups in total. The monoisotopic (exact) mass is 250 g/mol. The molecule has 18 heavy (non-hydrogen) atoms. The Balaban J connectivity index is 2.20. The molecule has 1 fully saturated rings. The topological polar surface area (TPSA) is 57.5 Å². The summed E-state index contributed by atoms with van der Waals surface area (Å²) in [6.45, 7) is 6.15. The predicted octanol–water partition coefficient (Wildman–Crippen LogP) is 1.85. The van der Waals surface area contributed by atoms with Gasteiger partial charge in [0.1, 0.15) is 6.29 Å². The minimum Gasteiger partial charge on any atom is -0.396 e. The van der Waals surface area contributed by atoms with Crippen LogP contribution in [0.1, 0.15) is 32.6 Å². The van der Waals surface area contributed by atoms with Gasteiger partial charge in [-0.25, -0.2) is 0 Å². The fraction of sp³-hybridized carbons (Fsp3) is 0.667. The Morgan fingerprint density at radius 3 is 2.83 bits per heavy atom. The van der Waals surface area contributed by atoms with E-state index in [4.69, 9.17) is 0 Å². The first-order valence-corrected chi connectivity index (χ1v) is 6.65. The Morgan fingerprint density at radius 2 is 2.22 bits per heavy atom. The molecular weight excluding hydrogens is 228 g/mol. The van der Waals surface area contributed by atoms with Crippen LogP contribution in [0, 0.1) is 17.3 Å². The smallest absolute Gasteiger partial charge is 0.145 e. The number of allylic oxidation sites excluding steroid dienone is 2. The molecule has 0 aromatic rings. The Hall–Kier alpha value is -0.930. The molecule has 2 aliphatic carbocycles. The van der Waals surface area contributed by atoms with Gasteiger partial charge in [0, 0.05) is 12.0 Å². The lowest BCUT2D eigenvalue weighted by Crippen LogP contribution is -2.11. The molecule has 0 aliphatic heterocycles. The van der Waals surface area contributed by atoms with Crippen LogP contribution in [0.2, 0.25) is 0 Å². The van der Waals surface area contributed by atoms with Gasteiger partial charge in [0.2, 0.25) is 0 Å². The number of rotatable bonds is 2. The summed E-state index contributed by atoms with van der Waals surface area (Å²) in [7, 11) is 0. The molecule has 3 heteroatoms. The van der Waals surface area contributed by atoms with Crippen LogP contribution in [0.25, 0.3) is 0 Å². The third-order valence-corrected chi connectivity index (χ3v) is 4.77. The molecule has 0 saturated heterocycles. The molecule has 100 valence electrons. The van der Waals surface area contributed by atoms with Crippen LogP contribution < -0.4 is 0 Å². The largest absolute Gasteiger partial charge is 0.396 e. The number of carbonyl (C=O) groups is 1. The summed E-state index contributed by atoms with van der Waals surface area (Å²) in [6.07, 6.45) is 5.27. The average Bonchev–Trinajstić information content (AvgIpc) is 2.95. The molecule has 0 bridgehead atoms. The van der Waals surface area contributed by atoms with Gasteiger partial charge in [0.15, 0.2) is 0 Å². The number of aliphatic hydroxyl groups excluding tert-OH is 2. The quantitative estimate of drug-likeness (QED) is 0.581. The summed E-state index contributed by atoms with van der Waals surface area (Å²) in [5, 5.41) is 19.4. The molecule has 0 radical (unpaired) electrons. The normalized spacial score (nSPS) is 43.6. The first-order valence-electron chi connectivity index (χ1n) is 6.65. The second kappa shape index (κ2) is 4.98. The fourth-order valence-corrected chi connectivity index (χ4v) is 3.17. The van der Waals surface area contributed by atoms with Crippen molar-refractivity contribution in [3.63, 3.8) is 0 Å². The number of hydrogen-bond acceptors (Lipinski definition) is 3. The average molecular weight is 250 g/mol. The second-order valence-corrected chi connectivity index (χ2v) is 5.91. The summed E-state index contributed by atoms with van der Waals surface area (Å²) in [5.41, 5.74) is 1.51. The summed E-state index contributed by atoms with van der Waals surface area (Å²) < 4.78 is 0. The standard InChI is InChI=1S/C15H22O3/c1-10-3-5-12-13(15(12,2)9-17)7-11(8-16)4-6-14(10)18/h7-8,12-14,17-18H,1,3-6,9H2,2H3/b11-7+/t12-,13-,14+,15+/m1/s1. The van der Waals surface area contributed by atoms with Crippen LogP contribution in [0.3, 0.4) is 0 Å². The lowest BCUT2D eigenvalue weighted by atomic mass is 9.96. The minimum absolute atomic E-state index is 0.0934. The Morgan fingerprint density at radius 1 is 1.50 bits per heavy atom. The van der Waals surface area contributed by atoms with E-state index in [0.29, 0.717) is 24.7 Å². The number of hydrogen-bond donors (Lipinski definition) is 2. The van der Waals surface area contributed by atoms with Gasteiger partial charge < -0.3 is 10.2 Å². The molecule has 2 rings (SSSR count). The van der Waals surface area contributed by atoms with E-state index < -0.39 is 6.10 Å². The zero-order chi connectivity index (χ0) is 13.3. The zero-order valence-corrected chi connectivity index (χ0v) is 10.9. The Bertz CT molecular complexity index is 385. The molecule has 3 nitrogen and oxygen atoms in total. The second-order valence-electron chi connectivity index (χ2n) is 5.91. The SMILES string of the molecule is C=C1CC[C@@H]2[C@@H](/C=C(/C=O)CC[C@@H]1O)[C@@]2(C)CO. The first-order chi connectivity index (χ1) is 8.52. The number of fused-ring (bicyclic) bond motifs is 1. The third-order valence-electron chi connectivity index (χ3n) is 4.77. The van der Waals surface area contributed by atoms with Crippen LogP contribution in [-0.4, -0.2) is 29.2 Å². The van der Waals surface area contributed by atoms with E-state index >= 15 is 0 Å². The van der Waals surface area contributed by atoms with E-state index in [1.54, 1.807) is 0 Å². The Labute approximate surface area is 108 Å². The highest BCUT2D eigenvalue weighted by molar-refractivity contribution is 5.73. The van der Waals surface area contributed by atoms with Crippen molar-refractivity contribution in [1.82, 2.24) is 0 Å². The summed E-state index contributed by atoms with van der Waals surface area (Å²) in [6, 6.07) is 0. The van der Waals surface area contributed by atoms with Gasteiger partial charge in [-0.15, -0.1) is 0 Å². The molecule has 1 saturated carbocycles. The maximum Gasteiger partial charge on any atom is 0.145 e. The molecule has 2 aliphatic rings. The van der Waals surface area contributed by atoms with Gasteiger partial charge in [-0.05, 0) is 48.7 Å². The van der Waals surface area contributed by atoms with E-state index in [9.17, 15) is 15.0 Å². The Kier molecular flexibility index (Phi) is 3.74. The van der Waals surface area contributed by atoms with E-state index in [-0.39, 0.29) is 12.0 Å². The van der Waals surface area contributed by atoms with E-state index in [1.807, 2.05) is 6.08 Å². The molecule has 0 spiro atoms. The van der Waals surface area contributed by atoms with Crippen LogP contribution in [0.15, 0.2) is 23.8 Å². The van der Waals surface area contributed by atoms with Crippen molar-refractivity contribution < 1.29 is 15.0 Å². The minimum atomic E-state index is -0.510. The fourth-order valence-electron chi connectivity index (χ4n) is 3.17. The maximum atomic E-state index is 11.0. The van der Waals surface area contributed by atoms with Crippen molar-refractivity contribution >= 4 is 6.29 Å². The van der Waals surface area contributed by atoms with Crippen LogP contribution in [0.4, 0.5) is 0 Å².